The van der Waals surface area contributed by atoms with Crippen molar-refractivity contribution in [1.29, 1.82) is 0 Å². The second-order valence-corrected chi connectivity index (χ2v) is 4.56. The first-order chi connectivity index (χ1) is 9.11. The van der Waals surface area contributed by atoms with Crippen molar-refractivity contribution in [2.24, 2.45) is 0 Å². The number of carboxylic acids is 1. The first-order valence-electron chi connectivity index (χ1n) is 5.95. The van der Waals surface area contributed by atoms with Gasteiger partial charge in [0, 0.05) is 12.1 Å². The summed E-state index contributed by atoms with van der Waals surface area (Å²) in [6, 6.07) is 3.14. The number of aromatic nitrogens is 2. The molecule has 2 heterocycles. The summed E-state index contributed by atoms with van der Waals surface area (Å²) in [7, 11) is 1.31. The number of carbonyl (C=O) groups is 2. The number of fused-ring (bicyclic) bond motifs is 1. The van der Waals surface area contributed by atoms with E-state index in [0.717, 1.165) is 12.8 Å². The van der Waals surface area contributed by atoms with Crippen LogP contribution in [0, 0.1) is 0 Å². The Bertz CT molecular complexity index is 685. The Hall–Kier alpha value is -2.37. The molecule has 0 amide bonds. The number of methoxy groups -OCH3 is 1. The normalized spacial score (nSPS) is 14.6. The second-order valence-electron chi connectivity index (χ2n) is 4.56. The zero-order valence-corrected chi connectivity index (χ0v) is 10.3. The molecule has 1 saturated carbocycles. The quantitative estimate of drug-likeness (QED) is 0.849. The maximum atomic E-state index is 11.5. The minimum atomic E-state index is -1.06. The Labute approximate surface area is 108 Å². The molecule has 2 aromatic rings. The fourth-order valence-electron chi connectivity index (χ4n) is 2.13. The number of esters is 1. The number of hydrogen-bond donors (Lipinski definition) is 1. The predicted molar refractivity (Wildman–Crippen MR) is 65.5 cm³/mol. The molecule has 0 atom stereocenters. The van der Waals surface area contributed by atoms with Crippen LogP contribution in [0.15, 0.2) is 18.3 Å². The van der Waals surface area contributed by atoms with Crippen molar-refractivity contribution >= 4 is 17.5 Å². The van der Waals surface area contributed by atoms with Gasteiger partial charge >= 0.3 is 11.9 Å². The average molecular weight is 260 g/mol. The van der Waals surface area contributed by atoms with Gasteiger partial charge in [-0.3, -0.25) is 0 Å². The third-order valence-electron chi connectivity index (χ3n) is 3.23. The van der Waals surface area contributed by atoms with Gasteiger partial charge in [-0.1, -0.05) is 0 Å². The van der Waals surface area contributed by atoms with E-state index in [2.05, 4.69) is 9.72 Å². The van der Waals surface area contributed by atoms with Gasteiger partial charge in [-0.25, -0.2) is 14.6 Å². The average Bonchev–Trinajstić information content (AvgIpc) is 3.17. The zero-order valence-electron chi connectivity index (χ0n) is 10.3. The topological polar surface area (TPSA) is 80.9 Å². The molecule has 0 unspecified atom stereocenters. The highest BCUT2D eigenvalue weighted by Crippen LogP contribution is 2.40. The van der Waals surface area contributed by atoms with Gasteiger partial charge in [0.15, 0.2) is 5.69 Å². The maximum absolute atomic E-state index is 11.5. The molecule has 1 aliphatic carbocycles. The molecule has 6 heteroatoms. The van der Waals surface area contributed by atoms with Crippen LogP contribution in [0.25, 0.3) is 5.52 Å². The number of pyridine rings is 1. The summed E-state index contributed by atoms with van der Waals surface area (Å²) in [5, 5.41) is 9.16. The van der Waals surface area contributed by atoms with Crippen LogP contribution in [0.2, 0.25) is 0 Å². The highest BCUT2D eigenvalue weighted by molar-refractivity contribution is 5.95. The molecule has 98 valence electrons. The standard InChI is InChI=1S/C13H12N2O4/c1-19-13(18)8-4-5-9-10(12(16)17)14-11(7-2-3-7)15(9)6-8/h4-7H,2-3H2,1H3,(H,16,17). The van der Waals surface area contributed by atoms with Crippen molar-refractivity contribution in [3.05, 3.63) is 35.4 Å². The SMILES string of the molecule is COC(=O)c1ccc2c(C(=O)O)nc(C3CC3)n2c1. The lowest BCUT2D eigenvalue weighted by atomic mass is 10.2. The van der Waals surface area contributed by atoms with Crippen LogP contribution in [-0.2, 0) is 4.74 Å². The monoisotopic (exact) mass is 260 g/mol. The van der Waals surface area contributed by atoms with Crippen molar-refractivity contribution in [3.8, 4) is 0 Å². The van der Waals surface area contributed by atoms with Crippen LogP contribution < -0.4 is 0 Å². The molecule has 0 bridgehead atoms. The number of imidazole rings is 1. The summed E-state index contributed by atoms with van der Waals surface area (Å²) in [6.07, 6.45) is 3.59. The van der Waals surface area contributed by atoms with Crippen LogP contribution in [0.4, 0.5) is 0 Å². The molecule has 1 fully saturated rings. The van der Waals surface area contributed by atoms with E-state index in [1.54, 1.807) is 22.7 Å². The Morgan fingerprint density at radius 3 is 2.74 bits per heavy atom. The van der Waals surface area contributed by atoms with Gasteiger partial charge < -0.3 is 14.2 Å². The van der Waals surface area contributed by atoms with Crippen LogP contribution in [0.3, 0.4) is 0 Å². The van der Waals surface area contributed by atoms with Gasteiger partial charge in [-0.2, -0.15) is 0 Å². The lowest BCUT2D eigenvalue weighted by Crippen LogP contribution is -2.04. The van der Waals surface area contributed by atoms with Gasteiger partial charge in [-0.15, -0.1) is 0 Å². The summed E-state index contributed by atoms with van der Waals surface area (Å²) in [5.74, 6) is -0.518. The number of hydrogen-bond acceptors (Lipinski definition) is 4. The van der Waals surface area contributed by atoms with Crippen LogP contribution >= 0.6 is 0 Å². The Balaban J connectivity index is 2.22. The number of carbonyl (C=O) groups excluding carboxylic acids is 1. The molecular formula is C13H12N2O4. The third kappa shape index (κ3) is 1.85. The van der Waals surface area contributed by atoms with Crippen molar-refractivity contribution in [2.75, 3.05) is 7.11 Å². The van der Waals surface area contributed by atoms with Gasteiger partial charge in [0.2, 0.25) is 0 Å². The zero-order chi connectivity index (χ0) is 13.6. The summed E-state index contributed by atoms with van der Waals surface area (Å²) >= 11 is 0. The second kappa shape index (κ2) is 4.08. The molecule has 19 heavy (non-hydrogen) atoms. The first kappa shape index (κ1) is 11.7. The lowest BCUT2D eigenvalue weighted by molar-refractivity contribution is 0.0599. The van der Waals surface area contributed by atoms with E-state index in [4.69, 9.17) is 5.11 Å². The highest BCUT2D eigenvalue weighted by atomic mass is 16.5. The number of carboxylic acid groups (broad SMARTS) is 1. The van der Waals surface area contributed by atoms with E-state index >= 15 is 0 Å². The summed E-state index contributed by atoms with van der Waals surface area (Å²) in [6.45, 7) is 0. The number of rotatable bonds is 3. The summed E-state index contributed by atoms with van der Waals surface area (Å²) in [4.78, 5) is 26.9. The molecule has 0 saturated heterocycles. The van der Waals surface area contributed by atoms with E-state index in [-0.39, 0.29) is 11.6 Å². The maximum Gasteiger partial charge on any atom is 0.356 e. The number of aromatic carboxylic acids is 1. The molecule has 3 rings (SSSR count). The van der Waals surface area contributed by atoms with E-state index in [1.807, 2.05) is 0 Å². The fourth-order valence-corrected chi connectivity index (χ4v) is 2.13. The largest absolute Gasteiger partial charge is 0.476 e. The van der Waals surface area contributed by atoms with Crippen molar-refractivity contribution in [3.63, 3.8) is 0 Å². The fraction of sp³-hybridized carbons (Fsp3) is 0.308. The minimum Gasteiger partial charge on any atom is -0.476 e. The summed E-state index contributed by atoms with van der Waals surface area (Å²) in [5.41, 5.74) is 0.909. The van der Waals surface area contributed by atoms with Crippen molar-refractivity contribution < 1.29 is 19.4 Å². The molecule has 0 aliphatic heterocycles. The predicted octanol–water partition coefficient (Wildman–Crippen LogP) is 1.70. The van der Waals surface area contributed by atoms with Crippen LogP contribution in [-0.4, -0.2) is 33.5 Å². The van der Waals surface area contributed by atoms with E-state index in [9.17, 15) is 9.59 Å². The number of nitrogens with zero attached hydrogens (tertiary/aromatic N) is 2. The lowest BCUT2D eigenvalue weighted by Gasteiger charge is -2.03. The van der Waals surface area contributed by atoms with E-state index in [1.165, 1.54) is 7.11 Å². The van der Waals surface area contributed by atoms with Gasteiger partial charge in [0.1, 0.15) is 5.82 Å². The van der Waals surface area contributed by atoms with Gasteiger partial charge in [0.05, 0.1) is 18.2 Å². The summed E-state index contributed by atoms with van der Waals surface area (Å²) < 4.78 is 6.35. The smallest absolute Gasteiger partial charge is 0.356 e. The minimum absolute atomic E-state index is 0.0262. The molecule has 1 aliphatic rings. The van der Waals surface area contributed by atoms with Crippen molar-refractivity contribution in [2.45, 2.75) is 18.8 Å². The van der Waals surface area contributed by atoms with Gasteiger partial charge in [-0.05, 0) is 25.0 Å². The van der Waals surface area contributed by atoms with E-state index in [0.29, 0.717) is 16.9 Å². The molecular weight excluding hydrogens is 248 g/mol. The molecule has 1 N–H and O–H groups in total. The Morgan fingerprint density at radius 1 is 1.42 bits per heavy atom. The molecule has 0 radical (unpaired) electrons. The number of ether oxygens (including phenoxy) is 1. The van der Waals surface area contributed by atoms with E-state index < -0.39 is 11.9 Å². The Kier molecular flexibility index (Phi) is 2.51. The molecule has 0 spiro atoms. The van der Waals surface area contributed by atoms with Crippen molar-refractivity contribution in [1.82, 2.24) is 9.38 Å². The van der Waals surface area contributed by atoms with Crippen LogP contribution in [0.5, 0.6) is 0 Å². The molecule has 2 aromatic heterocycles. The molecule has 6 nitrogen and oxygen atoms in total. The highest BCUT2D eigenvalue weighted by Gasteiger charge is 2.30. The first-order valence-corrected chi connectivity index (χ1v) is 5.95. The van der Waals surface area contributed by atoms with Gasteiger partial charge in [0.25, 0.3) is 0 Å². The van der Waals surface area contributed by atoms with Crippen LogP contribution in [0.1, 0.15) is 45.4 Å². The molecule has 0 aromatic carbocycles. The Morgan fingerprint density at radius 2 is 2.16 bits per heavy atom. The third-order valence-corrected chi connectivity index (χ3v) is 3.23.